The Bertz CT molecular complexity index is 1290. The first kappa shape index (κ1) is 20.0. The van der Waals surface area contributed by atoms with Gasteiger partial charge in [0.25, 0.3) is 0 Å². The molecule has 2 heterocycles. The molecule has 3 aromatic carbocycles. The number of imide groups is 1. The predicted molar refractivity (Wildman–Crippen MR) is 120 cm³/mol. The number of aryl methyl sites for hydroxylation is 1. The van der Waals surface area contributed by atoms with Gasteiger partial charge >= 0.3 is 11.9 Å². The van der Waals surface area contributed by atoms with Gasteiger partial charge in [-0.15, -0.1) is 16.7 Å². The van der Waals surface area contributed by atoms with Crippen molar-refractivity contribution in [3.8, 4) is 0 Å². The van der Waals surface area contributed by atoms with E-state index in [4.69, 9.17) is 11.6 Å². The van der Waals surface area contributed by atoms with Crippen molar-refractivity contribution in [2.24, 2.45) is 0 Å². The van der Waals surface area contributed by atoms with E-state index in [9.17, 15) is 14.0 Å². The lowest BCUT2D eigenvalue weighted by Gasteiger charge is -2.25. The molecule has 1 atom stereocenters. The molecule has 7 heteroatoms. The zero-order chi connectivity index (χ0) is 21.7. The highest BCUT2D eigenvalue weighted by atomic mass is 35.5. The van der Waals surface area contributed by atoms with Gasteiger partial charge in [-0.05, 0) is 42.3 Å². The van der Waals surface area contributed by atoms with Crippen LogP contribution in [-0.2, 0) is 11.3 Å². The third-order valence-corrected chi connectivity index (χ3v) is 7.13. The molecule has 0 aliphatic carbocycles. The van der Waals surface area contributed by atoms with E-state index in [0.29, 0.717) is 12.3 Å². The van der Waals surface area contributed by atoms with Crippen molar-refractivity contribution >= 4 is 46.7 Å². The monoisotopic (exact) mass is 451 g/mol. The number of hydrogen-bond acceptors (Lipinski definition) is 3. The van der Waals surface area contributed by atoms with Gasteiger partial charge in [0.15, 0.2) is 5.25 Å². The maximum atomic E-state index is 13.7. The third kappa shape index (κ3) is 3.27. The molecule has 0 spiro atoms. The van der Waals surface area contributed by atoms with Gasteiger partial charge in [-0.25, -0.2) is 9.18 Å². The van der Waals surface area contributed by atoms with Crippen molar-refractivity contribution < 1.29 is 18.6 Å². The fraction of sp³-hybridized carbons (Fsp3) is 0.125. The standard InChI is InChI=1S/C24H17ClFN2O2S/c1-14-6-2-3-7-15(14)13-27-21-17-8-4-5-9-20(17)31-22(21)23(29)28(24(27)30)16-10-11-19(26)18(25)12-16/h2-12,22H,13H2,1H3/q+1. The van der Waals surface area contributed by atoms with E-state index in [1.165, 1.54) is 30.0 Å². The Kier molecular flexibility index (Phi) is 4.91. The Balaban J connectivity index is 1.69. The predicted octanol–water partition coefficient (Wildman–Crippen LogP) is 5.43. The number of carbonyl (C=O) groups excluding carboxylic acids is 2. The molecule has 2 aliphatic heterocycles. The molecule has 3 amide bonds. The normalized spacial score (nSPS) is 17.8. The van der Waals surface area contributed by atoms with Crippen molar-refractivity contribution in [1.29, 1.82) is 0 Å². The Hall–Kier alpha value is -2.96. The number of fused-ring (bicyclic) bond motifs is 3. The third-order valence-electron chi connectivity index (χ3n) is 5.56. The zero-order valence-electron chi connectivity index (χ0n) is 16.5. The van der Waals surface area contributed by atoms with E-state index in [2.05, 4.69) is 0 Å². The van der Waals surface area contributed by atoms with Crippen LogP contribution in [0, 0.1) is 12.7 Å². The van der Waals surface area contributed by atoms with Crippen LogP contribution in [0.15, 0.2) is 71.6 Å². The first-order chi connectivity index (χ1) is 15.0. The Labute approximate surface area is 188 Å². The van der Waals surface area contributed by atoms with Crippen LogP contribution in [0.2, 0.25) is 5.02 Å². The van der Waals surface area contributed by atoms with Crippen LogP contribution >= 0.6 is 23.4 Å². The van der Waals surface area contributed by atoms with Gasteiger partial charge < -0.3 is 0 Å². The summed E-state index contributed by atoms with van der Waals surface area (Å²) in [7, 11) is 0. The molecular formula is C24H17ClFN2O2S+. The summed E-state index contributed by atoms with van der Waals surface area (Å²) in [4.78, 5) is 29.2. The average Bonchev–Trinajstić information content (AvgIpc) is 3.15. The Morgan fingerprint density at radius 3 is 2.58 bits per heavy atom. The lowest BCUT2D eigenvalue weighted by atomic mass is 10.0. The molecule has 2 aliphatic rings. The van der Waals surface area contributed by atoms with Crippen LogP contribution in [0.4, 0.5) is 14.9 Å². The molecule has 0 fully saturated rings. The van der Waals surface area contributed by atoms with Crippen molar-refractivity contribution in [3.63, 3.8) is 0 Å². The molecule has 0 aromatic heterocycles. The Morgan fingerprint density at radius 1 is 1.06 bits per heavy atom. The summed E-state index contributed by atoms with van der Waals surface area (Å²) in [6.07, 6.45) is 0. The number of amides is 3. The topological polar surface area (TPSA) is 40.4 Å². The van der Waals surface area contributed by atoms with Crippen LogP contribution in [0.25, 0.3) is 0 Å². The second kappa shape index (κ2) is 7.62. The van der Waals surface area contributed by atoms with E-state index in [0.717, 1.165) is 26.5 Å². The van der Waals surface area contributed by atoms with Gasteiger partial charge in [0, 0.05) is 16.5 Å². The minimum Gasteiger partial charge on any atom is -0.244 e. The molecule has 1 unspecified atom stereocenters. The highest BCUT2D eigenvalue weighted by Gasteiger charge is 2.53. The molecule has 0 saturated carbocycles. The van der Waals surface area contributed by atoms with Crippen molar-refractivity contribution in [1.82, 2.24) is 0 Å². The molecule has 0 radical (unpaired) electrons. The Morgan fingerprint density at radius 2 is 1.81 bits per heavy atom. The quantitative estimate of drug-likeness (QED) is 0.498. The number of halogens is 2. The number of hydrogen-bond donors (Lipinski definition) is 0. The van der Waals surface area contributed by atoms with Crippen LogP contribution in [-0.4, -0.2) is 27.5 Å². The van der Waals surface area contributed by atoms with E-state index >= 15 is 0 Å². The van der Waals surface area contributed by atoms with Gasteiger partial charge in [-0.1, -0.05) is 48.0 Å². The number of anilines is 1. The van der Waals surface area contributed by atoms with Gasteiger partial charge in [0.05, 0.1) is 5.02 Å². The first-order valence-corrected chi connectivity index (χ1v) is 11.0. The molecular weight excluding hydrogens is 435 g/mol. The molecule has 154 valence electrons. The van der Waals surface area contributed by atoms with E-state index in [-0.39, 0.29) is 16.6 Å². The summed E-state index contributed by atoms with van der Waals surface area (Å²) < 4.78 is 15.4. The van der Waals surface area contributed by atoms with Crippen LogP contribution < -0.4 is 4.90 Å². The molecule has 4 nitrogen and oxygen atoms in total. The van der Waals surface area contributed by atoms with Crippen LogP contribution in [0.5, 0.6) is 0 Å². The van der Waals surface area contributed by atoms with Crippen molar-refractivity contribution in [2.45, 2.75) is 23.6 Å². The second-order valence-electron chi connectivity index (χ2n) is 7.45. The lowest BCUT2D eigenvalue weighted by molar-refractivity contribution is -0.444. The minimum atomic E-state index is -0.603. The van der Waals surface area contributed by atoms with Gasteiger partial charge in [0.2, 0.25) is 0 Å². The number of benzene rings is 3. The summed E-state index contributed by atoms with van der Waals surface area (Å²) in [5.74, 6) is -0.959. The summed E-state index contributed by atoms with van der Waals surface area (Å²) in [5.41, 5.74) is 3.89. The van der Waals surface area contributed by atoms with Gasteiger partial charge in [-0.2, -0.15) is 9.37 Å². The lowest BCUT2D eigenvalue weighted by Crippen LogP contribution is -2.55. The summed E-state index contributed by atoms with van der Waals surface area (Å²) in [6.45, 7) is 2.32. The van der Waals surface area contributed by atoms with Crippen molar-refractivity contribution in [2.75, 3.05) is 4.90 Å². The highest BCUT2D eigenvalue weighted by molar-refractivity contribution is 8.02. The number of nitrogens with zero attached hydrogens (tertiary/aromatic N) is 2. The van der Waals surface area contributed by atoms with Crippen molar-refractivity contribution in [3.05, 3.63) is 94.3 Å². The van der Waals surface area contributed by atoms with Crippen LogP contribution in [0.3, 0.4) is 0 Å². The van der Waals surface area contributed by atoms with Gasteiger partial charge in [-0.3, -0.25) is 0 Å². The number of carbonyl (C=O) groups is 2. The fourth-order valence-electron chi connectivity index (χ4n) is 3.97. The summed E-state index contributed by atoms with van der Waals surface area (Å²) >= 11 is 7.38. The van der Waals surface area contributed by atoms with Gasteiger partial charge in [0.1, 0.15) is 23.8 Å². The number of urea groups is 1. The largest absolute Gasteiger partial charge is 0.506 e. The zero-order valence-corrected chi connectivity index (χ0v) is 18.1. The molecule has 0 bridgehead atoms. The minimum absolute atomic E-state index is 0.138. The highest BCUT2D eigenvalue weighted by Crippen LogP contribution is 2.41. The summed E-state index contributed by atoms with van der Waals surface area (Å²) in [6, 6.07) is 19.0. The van der Waals surface area contributed by atoms with Crippen LogP contribution in [0.1, 0.15) is 16.7 Å². The van der Waals surface area contributed by atoms with E-state index in [1.54, 1.807) is 4.58 Å². The fourth-order valence-corrected chi connectivity index (χ4v) is 5.42. The smallest absolute Gasteiger partial charge is 0.244 e. The number of thioether (sulfide) groups is 1. The summed E-state index contributed by atoms with van der Waals surface area (Å²) in [5, 5.41) is -0.705. The first-order valence-electron chi connectivity index (χ1n) is 9.73. The SMILES string of the molecule is Cc1ccccc1C[N+]1=C2c3ccccc3SC2C(=O)N(c2ccc(F)c(Cl)c2)C1=O. The molecule has 0 N–H and O–H groups in total. The second-order valence-corrected chi connectivity index (χ2v) is 9.00. The maximum absolute atomic E-state index is 13.7. The molecule has 5 rings (SSSR count). The maximum Gasteiger partial charge on any atom is 0.506 e. The average molecular weight is 452 g/mol. The van der Waals surface area contributed by atoms with E-state index < -0.39 is 17.1 Å². The number of rotatable bonds is 3. The molecule has 3 aromatic rings. The molecule has 0 saturated heterocycles. The van der Waals surface area contributed by atoms with E-state index in [1.807, 2.05) is 55.5 Å². The molecule has 31 heavy (non-hydrogen) atoms.